The van der Waals surface area contributed by atoms with Gasteiger partial charge in [-0.15, -0.1) is 0 Å². The molecule has 0 spiro atoms. The largest absolute Gasteiger partial charge is 0.612 e. The van der Waals surface area contributed by atoms with Gasteiger partial charge in [-0.3, -0.25) is 0 Å². The summed E-state index contributed by atoms with van der Waals surface area (Å²) in [5.74, 6) is -0.283. The number of nitrogens with zero attached hydrogens (tertiary/aromatic N) is 1. The Labute approximate surface area is 97.8 Å². The first-order valence-corrected chi connectivity index (χ1v) is 6.83. The number of rotatable bonds is 2. The summed E-state index contributed by atoms with van der Waals surface area (Å²) in [5.41, 5.74) is 0.607. The van der Waals surface area contributed by atoms with Gasteiger partial charge in [0.25, 0.3) is 0 Å². The van der Waals surface area contributed by atoms with Crippen LogP contribution in [0.5, 0.6) is 0 Å². The molecule has 0 radical (unpaired) electrons. The van der Waals surface area contributed by atoms with Crippen molar-refractivity contribution in [2.45, 2.75) is 4.90 Å². The van der Waals surface area contributed by atoms with Gasteiger partial charge in [0.05, 0.1) is 5.69 Å². The third-order valence-electron chi connectivity index (χ3n) is 2.71. The van der Waals surface area contributed by atoms with E-state index >= 15 is 0 Å². The zero-order chi connectivity index (χ0) is 11.5. The van der Waals surface area contributed by atoms with E-state index in [1.165, 1.54) is 6.07 Å². The molecule has 1 fully saturated rings. The highest BCUT2D eigenvalue weighted by atomic mass is 32.2. The Morgan fingerprint density at radius 3 is 2.62 bits per heavy atom. The molecule has 1 heterocycles. The van der Waals surface area contributed by atoms with Gasteiger partial charge in [0.2, 0.25) is 0 Å². The lowest BCUT2D eigenvalue weighted by atomic mass is 10.2. The maximum Gasteiger partial charge on any atom is 0.155 e. The molecule has 1 atom stereocenters. The predicted octanol–water partition coefficient (Wildman–Crippen LogP) is 0.973. The molecular formula is C11H15FN2OS. The van der Waals surface area contributed by atoms with E-state index in [-0.39, 0.29) is 5.82 Å². The van der Waals surface area contributed by atoms with Gasteiger partial charge >= 0.3 is 0 Å². The van der Waals surface area contributed by atoms with Crippen molar-refractivity contribution in [1.29, 1.82) is 0 Å². The van der Waals surface area contributed by atoms with Crippen LogP contribution in [-0.2, 0) is 11.2 Å². The topological polar surface area (TPSA) is 38.3 Å². The highest BCUT2D eigenvalue weighted by molar-refractivity contribution is 7.90. The smallest absolute Gasteiger partial charge is 0.155 e. The lowest BCUT2D eigenvalue weighted by Crippen LogP contribution is -2.43. The van der Waals surface area contributed by atoms with Crippen molar-refractivity contribution < 1.29 is 8.94 Å². The fourth-order valence-electron chi connectivity index (χ4n) is 1.83. The number of halogens is 1. The molecule has 1 aliphatic rings. The SMILES string of the molecule is C[S+]([O-])c1ccc(N2CCNCC2)c(F)c1. The van der Waals surface area contributed by atoms with E-state index in [2.05, 4.69) is 5.32 Å². The summed E-state index contributed by atoms with van der Waals surface area (Å²) in [6.07, 6.45) is 1.55. The van der Waals surface area contributed by atoms with Crippen LogP contribution in [-0.4, -0.2) is 37.0 Å². The zero-order valence-electron chi connectivity index (χ0n) is 9.20. The second-order valence-corrected chi connectivity index (χ2v) is 5.18. The molecule has 1 saturated heterocycles. The van der Waals surface area contributed by atoms with Crippen molar-refractivity contribution in [3.8, 4) is 0 Å². The van der Waals surface area contributed by atoms with Crippen LogP contribution in [0.15, 0.2) is 23.1 Å². The first kappa shape index (κ1) is 11.7. The lowest BCUT2D eigenvalue weighted by molar-refractivity contribution is 0.563. The summed E-state index contributed by atoms with van der Waals surface area (Å²) >= 11 is -1.12. The van der Waals surface area contributed by atoms with Crippen LogP contribution in [0.4, 0.5) is 10.1 Å². The second-order valence-electron chi connectivity index (χ2n) is 3.80. The van der Waals surface area contributed by atoms with E-state index in [1.54, 1.807) is 18.4 Å². The van der Waals surface area contributed by atoms with Crippen LogP contribution in [0, 0.1) is 5.82 Å². The summed E-state index contributed by atoms with van der Waals surface area (Å²) in [5, 5.41) is 3.22. The minimum absolute atomic E-state index is 0.283. The molecule has 1 aromatic rings. The molecule has 0 saturated carbocycles. The number of benzene rings is 1. The van der Waals surface area contributed by atoms with E-state index in [4.69, 9.17) is 0 Å². The van der Waals surface area contributed by atoms with Crippen molar-refractivity contribution in [2.75, 3.05) is 37.3 Å². The molecule has 16 heavy (non-hydrogen) atoms. The van der Waals surface area contributed by atoms with Crippen molar-refractivity contribution in [1.82, 2.24) is 5.32 Å². The molecule has 88 valence electrons. The number of nitrogens with one attached hydrogen (secondary N) is 1. The average molecular weight is 242 g/mol. The molecule has 0 aliphatic carbocycles. The third kappa shape index (κ3) is 2.48. The summed E-state index contributed by atoms with van der Waals surface area (Å²) < 4.78 is 25.0. The average Bonchev–Trinajstić information content (AvgIpc) is 2.30. The second kappa shape index (κ2) is 5.03. The van der Waals surface area contributed by atoms with Crippen LogP contribution in [0.3, 0.4) is 0 Å². The number of anilines is 1. The lowest BCUT2D eigenvalue weighted by Gasteiger charge is -2.29. The molecule has 3 nitrogen and oxygen atoms in total. The maximum atomic E-state index is 13.8. The summed E-state index contributed by atoms with van der Waals surface area (Å²) in [7, 11) is 0. The van der Waals surface area contributed by atoms with Crippen LogP contribution in [0.25, 0.3) is 0 Å². The van der Waals surface area contributed by atoms with Gasteiger partial charge in [0, 0.05) is 32.2 Å². The number of hydrogen-bond acceptors (Lipinski definition) is 3. The van der Waals surface area contributed by atoms with Gasteiger partial charge in [-0.2, -0.15) is 0 Å². The molecule has 1 unspecified atom stereocenters. The molecule has 1 aromatic carbocycles. The van der Waals surface area contributed by atoms with Crippen molar-refractivity contribution in [2.24, 2.45) is 0 Å². The molecule has 1 aliphatic heterocycles. The van der Waals surface area contributed by atoms with Crippen molar-refractivity contribution in [3.63, 3.8) is 0 Å². The third-order valence-corrected chi connectivity index (χ3v) is 3.63. The Kier molecular flexibility index (Phi) is 3.68. The molecule has 2 rings (SSSR count). The molecule has 1 N–H and O–H groups in total. The highest BCUT2D eigenvalue weighted by Crippen LogP contribution is 2.22. The Hall–Kier alpha value is -0.780. The van der Waals surface area contributed by atoms with E-state index in [0.29, 0.717) is 10.6 Å². The normalized spacial score (nSPS) is 18.6. The summed E-state index contributed by atoms with van der Waals surface area (Å²) in [4.78, 5) is 2.55. The van der Waals surface area contributed by atoms with Gasteiger partial charge in [-0.1, -0.05) is 0 Å². The highest BCUT2D eigenvalue weighted by Gasteiger charge is 2.16. The Balaban J connectivity index is 2.21. The van der Waals surface area contributed by atoms with Crippen LogP contribution in [0.2, 0.25) is 0 Å². The molecule has 0 bridgehead atoms. The van der Waals surface area contributed by atoms with Crippen molar-refractivity contribution >= 4 is 16.9 Å². The van der Waals surface area contributed by atoms with E-state index in [0.717, 1.165) is 26.2 Å². The standard InChI is InChI=1S/C11H15FN2OS/c1-16(15)9-2-3-11(10(12)8-9)14-6-4-13-5-7-14/h2-3,8,13H,4-7H2,1H3. The van der Waals surface area contributed by atoms with E-state index in [1.807, 2.05) is 4.90 Å². The quantitative estimate of drug-likeness (QED) is 0.785. The van der Waals surface area contributed by atoms with Gasteiger partial charge in [0.15, 0.2) is 10.7 Å². The number of hydrogen-bond donors (Lipinski definition) is 1. The van der Waals surface area contributed by atoms with Gasteiger partial charge in [0.1, 0.15) is 6.26 Å². The fraction of sp³-hybridized carbons (Fsp3) is 0.455. The van der Waals surface area contributed by atoms with Gasteiger partial charge in [-0.05, 0) is 23.3 Å². The Bertz CT molecular complexity index is 367. The molecule has 5 heteroatoms. The number of piperazine rings is 1. The van der Waals surface area contributed by atoms with Gasteiger partial charge in [-0.25, -0.2) is 4.39 Å². The van der Waals surface area contributed by atoms with Crippen LogP contribution < -0.4 is 10.2 Å². The predicted molar refractivity (Wildman–Crippen MR) is 63.8 cm³/mol. The van der Waals surface area contributed by atoms with Crippen LogP contribution >= 0.6 is 0 Å². The van der Waals surface area contributed by atoms with E-state index < -0.39 is 11.2 Å². The fourth-order valence-corrected chi connectivity index (χ4v) is 2.36. The zero-order valence-corrected chi connectivity index (χ0v) is 10.0. The Morgan fingerprint density at radius 2 is 2.06 bits per heavy atom. The monoisotopic (exact) mass is 242 g/mol. The molecular weight excluding hydrogens is 227 g/mol. The summed E-state index contributed by atoms with van der Waals surface area (Å²) in [6.45, 7) is 3.37. The van der Waals surface area contributed by atoms with Gasteiger partial charge < -0.3 is 14.8 Å². The molecule has 0 aromatic heterocycles. The first-order valence-electron chi connectivity index (χ1n) is 5.27. The first-order chi connectivity index (χ1) is 7.68. The maximum absolute atomic E-state index is 13.8. The molecule has 0 amide bonds. The van der Waals surface area contributed by atoms with E-state index in [9.17, 15) is 8.94 Å². The van der Waals surface area contributed by atoms with Crippen LogP contribution in [0.1, 0.15) is 0 Å². The summed E-state index contributed by atoms with van der Waals surface area (Å²) in [6, 6.07) is 4.82. The Morgan fingerprint density at radius 1 is 1.38 bits per heavy atom. The minimum atomic E-state index is -1.12. The minimum Gasteiger partial charge on any atom is -0.612 e. The van der Waals surface area contributed by atoms with Crippen molar-refractivity contribution in [3.05, 3.63) is 24.0 Å².